The molecule has 0 aliphatic carbocycles. The van der Waals surface area contributed by atoms with Crippen LogP contribution in [0.4, 0.5) is 0 Å². The van der Waals surface area contributed by atoms with Gasteiger partial charge < -0.3 is 43.1 Å². The molecule has 0 spiro atoms. The molecule has 10 rings (SSSR count). The van der Waals surface area contributed by atoms with Crippen LogP contribution in [0.15, 0.2) is 158 Å². The first-order valence-corrected chi connectivity index (χ1v) is 29.1. The number of phenols is 2. The first kappa shape index (κ1) is 59.3. The number of fused-ring (bicyclic) bond motifs is 6. The zero-order valence-corrected chi connectivity index (χ0v) is 53.6. The van der Waals surface area contributed by atoms with Crippen LogP contribution >= 0.6 is 0 Å². The summed E-state index contributed by atoms with van der Waals surface area (Å²) in [7, 11) is -3.27. The molecule has 0 amide bonds. The van der Waals surface area contributed by atoms with Crippen LogP contribution in [-0.4, -0.2) is 27.9 Å². The Labute approximate surface area is 485 Å². The number of rotatable bonds is 10. The zero-order valence-electron chi connectivity index (χ0n) is 49.0. The minimum atomic E-state index is -3.27. The van der Waals surface area contributed by atoms with Gasteiger partial charge in [-0.3, -0.25) is 0 Å². The Kier molecular flexibility index (Phi) is 16.5. The summed E-state index contributed by atoms with van der Waals surface area (Å²) in [5.41, 5.74) is 12.0. The van der Waals surface area contributed by atoms with Crippen LogP contribution in [0.3, 0.4) is 0 Å². The molecule has 78 heavy (non-hydrogen) atoms. The normalized spacial score (nSPS) is 12.4. The summed E-state index contributed by atoms with van der Waals surface area (Å²) in [6, 6.07) is 56.6. The standard InChI is InChI=1S/C68H74N2O4Si.2CH3.Hf/c1-15-75(16-2,73-61-35-33-43(65(3,4)5)37-51(61)53-39-45(67(9,10)11)41-59(63(53)71)69-55-29-21-17-25-47(55)48-26-18-22-30-56(48)69)74-62-36-34-44(66(6,7)8)38-52(62)54-40-46(68(12,13)14)42-60(64(54)72)70-57-31-23-19-27-49(57)50-28-20-24-32-58(50)70;;;/h17-42,71-72H,15-16H2,1-14H3;2*1H3;/q;2*-1;. The Morgan fingerprint density at radius 2 is 0.641 bits per heavy atom. The third kappa shape index (κ3) is 10.6. The molecule has 0 aliphatic rings. The van der Waals surface area contributed by atoms with Crippen LogP contribution in [0, 0.1) is 14.9 Å². The molecule has 10 aromatic rings. The Balaban J connectivity index is 0.00000294. The van der Waals surface area contributed by atoms with Gasteiger partial charge in [-0.2, -0.15) is 0 Å². The molecular weight excluding hydrogens is 1140 g/mol. The summed E-state index contributed by atoms with van der Waals surface area (Å²) in [5.74, 6) is 1.68. The van der Waals surface area contributed by atoms with Crippen molar-refractivity contribution in [1.82, 2.24) is 9.13 Å². The van der Waals surface area contributed by atoms with Crippen molar-refractivity contribution in [2.75, 3.05) is 0 Å². The van der Waals surface area contributed by atoms with Gasteiger partial charge in [-0.25, -0.2) is 0 Å². The number of hydrogen-bond donors (Lipinski definition) is 2. The van der Waals surface area contributed by atoms with Crippen molar-refractivity contribution in [3.05, 3.63) is 195 Å². The van der Waals surface area contributed by atoms with E-state index in [1.165, 1.54) is 0 Å². The Morgan fingerprint density at radius 1 is 0.372 bits per heavy atom. The number of aromatic hydroxyl groups is 2. The second-order valence-electron chi connectivity index (χ2n) is 24.8. The monoisotopic (exact) mass is 1220 g/mol. The first-order chi connectivity index (χ1) is 35.4. The number of phenolic OH excluding ortho intramolecular Hbond substituents is 2. The maximum Gasteiger partial charge on any atom is 0.459 e. The Morgan fingerprint density at radius 3 is 0.910 bits per heavy atom. The van der Waals surface area contributed by atoms with E-state index in [4.69, 9.17) is 8.85 Å². The molecule has 2 aromatic heterocycles. The third-order valence-corrected chi connectivity index (χ3v) is 18.8. The molecule has 0 atom stereocenters. The third-order valence-electron chi connectivity index (χ3n) is 15.5. The molecular formula is C70H80HfN2O4Si-2. The Hall–Kier alpha value is -6.35. The van der Waals surface area contributed by atoms with E-state index < -0.39 is 8.56 Å². The predicted octanol–water partition coefficient (Wildman–Crippen LogP) is 19.7. The fourth-order valence-corrected chi connectivity index (χ4v) is 13.0. The van der Waals surface area contributed by atoms with Crippen LogP contribution in [0.2, 0.25) is 12.1 Å². The minimum Gasteiger partial charge on any atom is -0.511 e. The van der Waals surface area contributed by atoms with Gasteiger partial charge in [-0.15, -0.1) is 0 Å². The Bertz CT molecular complexity index is 3480. The fraction of sp³-hybridized carbons (Fsp3) is 0.286. The molecule has 404 valence electrons. The van der Waals surface area contributed by atoms with E-state index in [0.717, 1.165) is 77.0 Å². The van der Waals surface area contributed by atoms with Crippen LogP contribution < -0.4 is 8.85 Å². The zero-order chi connectivity index (χ0) is 53.6. The molecule has 8 heteroatoms. The second-order valence-corrected chi connectivity index (χ2v) is 28.4. The molecule has 0 unspecified atom stereocenters. The number of para-hydroxylation sites is 4. The van der Waals surface area contributed by atoms with Gasteiger partial charge in [0.15, 0.2) is 0 Å². The second kappa shape index (κ2) is 21.7. The number of nitrogens with zero attached hydrogens (tertiary/aromatic N) is 2. The molecule has 0 radical (unpaired) electrons. The summed E-state index contributed by atoms with van der Waals surface area (Å²) in [6.07, 6.45) is 0. The fourth-order valence-electron chi connectivity index (χ4n) is 10.8. The number of benzene rings is 8. The van der Waals surface area contributed by atoms with Crippen LogP contribution in [0.25, 0.3) is 77.2 Å². The van der Waals surface area contributed by atoms with Crippen LogP contribution in [-0.2, 0) is 47.5 Å². The van der Waals surface area contributed by atoms with Crippen molar-refractivity contribution in [2.24, 2.45) is 0 Å². The molecule has 2 heterocycles. The molecule has 6 nitrogen and oxygen atoms in total. The smallest absolute Gasteiger partial charge is 0.459 e. The van der Waals surface area contributed by atoms with E-state index in [9.17, 15) is 10.2 Å². The van der Waals surface area contributed by atoms with Gasteiger partial charge in [0.25, 0.3) is 0 Å². The van der Waals surface area contributed by atoms with E-state index in [2.05, 4.69) is 264 Å². The van der Waals surface area contributed by atoms with Crippen molar-refractivity contribution in [1.29, 1.82) is 0 Å². The number of aromatic nitrogens is 2. The maximum atomic E-state index is 13.0. The summed E-state index contributed by atoms with van der Waals surface area (Å²) < 4.78 is 19.7. The van der Waals surface area contributed by atoms with E-state index >= 15 is 0 Å². The van der Waals surface area contributed by atoms with Gasteiger partial charge >= 0.3 is 8.56 Å². The van der Waals surface area contributed by atoms with E-state index in [1.807, 2.05) is 0 Å². The van der Waals surface area contributed by atoms with E-state index in [1.54, 1.807) is 0 Å². The van der Waals surface area contributed by atoms with Crippen molar-refractivity contribution in [3.8, 4) is 56.6 Å². The largest absolute Gasteiger partial charge is 0.511 e. The van der Waals surface area contributed by atoms with Crippen molar-refractivity contribution in [2.45, 2.75) is 131 Å². The summed E-state index contributed by atoms with van der Waals surface area (Å²) in [5, 5.41) is 30.6. The van der Waals surface area contributed by atoms with Gasteiger partial charge in [0.05, 0.1) is 33.4 Å². The van der Waals surface area contributed by atoms with Gasteiger partial charge in [0, 0.05) is 81.7 Å². The quantitative estimate of drug-likeness (QED) is 0.106. The minimum absolute atomic E-state index is 0. The molecule has 0 saturated carbocycles. The summed E-state index contributed by atoms with van der Waals surface area (Å²) in [6.45, 7) is 31.0. The molecule has 2 N–H and O–H groups in total. The van der Waals surface area contributed by atoms with Gasteiger partial charge in [-0.1, -0.05) is 182 Å². The topological polar surface area (TPSA) is 68.8 Å². The predicted molar refractivity (Wildman–Crippen MR) is 331 cm³/mol. The molecule has 0 fully saturated rings. The van der Waals surface area contributed by atoms with Gasteiger partial charge in [0.1, 0.15) is 23.0 Å². The van der Waals surface area contributed by atoms with Crippen molar-refractivity contribution in [3.63, 3.8) is 0 Å². The SMILES string of the molecule is CC[Si](CC)(Oc1ccc(C(C)(C)C)cc1-c1cc(C(C)(C)C)cc(-n2c3ccccc3c3ccccc32)c1O)Oc1ccc(C(C)(C)C)cc1-c1cc(C(C)(C)C)cc(-n2c3ccccc3c3ccccc32)c1O.[CH3-].[CH3-].[Hf]. The first-order valence-electron chi connectivity index (χ1n) is 26.8. The van der Waals surface area contributed by atoms with Gasteiger partial charge in [0.2, 0.25) is 0 Å². The van der Waals surface area contributed by atoms with Crippen molar-refractivity contribution < 1.29 is 44.9 Å². The molecule has 0 bridgehead atoms. The average Bonchev–Trinajstić information content (AvgIpc) is 3.88. The number of hydrogen-bond acceptors (Lipinski definition) is 4. The maximum absolute atomic E-state index is 13.0. The molecule has 8 aromatic carbocycles. The molecule has 0 aliphatic heterocycles. The van der Waals surface area contributed by atoms with Crippen molar-refractivity contribution >= 4 is 52.2 Å². The summed E-state index contributed by atoms with van der Waals surface area (Å²) >= 11 is 0. The van der Waals surface area contributed by atoms with E-state index in [-0.39, 0.29) is 73.9 Å². The summed E-state index contributed by atoms with van der Waals surface area (Å²) in [4.78, 5) is 0. The average molecular weight is 1220 g/mol. The van der Waals surface area contributed by atoms with E-state index in [0.29, 0.717) is 46.1 Å². The molecule has 0 saturated heterocycles. The van der Waals surface area contributed by atoms with Crippen LogP contribution in [0.5, 0.6) is 23.0 Å². The van der Waals surface area contributed by atoms with Gasteiger partial charge in [-0.05, 0) is 117 Å². The van der Waals surface area contributed by atoms with Crippen LogP contribution in [0.1, 0.15) is 119 Å².